The zero-order chi connectivity index (χ0) is 16.9. The predicted molar refractivity (Wildman–Crippen MR) is 88.0 cm³/mol. The van der Waals surface area contributed by atoms with Crippen LogP contribution in [0.4, 0.5) is 5.69 Å². The van der Waals surface area contributed by atoms with Crippen LogP contribution < -0.4 is 11.5 Å². The molecule has 0 bridgehead atoms. The highest BCUT2D eigenvalue weighted by atomic mass is 16.3. The van der Waals surface area contributed by atoms with E-state index >= 15 is 0 Å². The lowest BCUT2D eigenvalue weighted by Crippen LogP contribution is -2.17. The number of nitrogen functional groups attached to an aromatic ring is 1. The van der Waals surface area contributed by atoms with Gasteiger partial charge in [-0.25, -0.2) is 9.97 Å². The highest BCUT2D eigenvalue weighted by molar-refractivity contribution is 6.07. The number of aryl methyl sites for hydroxylation is 2. The van der Waals surface area contributed by atoms with E-state index in [1.54, 1.807) is 37.0 Å². The predicted octanol–water partition coefficient (Wildman–Crippen LogP) is 1.64. The highest BCUT2D eigenvalue weighted by Crippen LogP contribution is 2.40. The number of carbonyl (C=O) groups is 1. The Kier molecular flexibility index (Phi) is 3.21. The molecule has 0 aliphatic heterocycles. The molecule has 2 aromatic heterocycles. The van der Waals surface area contributed by atoms with Crippen molar-refractivity contribution in [1.82, 2.24) is 14.5 Å². The Labute approximate surface area is 132 Å². The molecule has 0 saturated heterocycles. The van der Waals surface area contributed by atoms with Gasteiger partial charge in [-0.3, -0.25) is 4.79 Å². The van der Waals surface area contributed by atoms with Crippen LogP contribution in [0.1, 0.15) is 21.6 Å². The number of imidazole rings is 1. The van der Waals surface area contributed by atoms with Gasteiger partial charge in [0.1, 0.15) is 11.3 Å². The van der Waals surface area contributed by atoms with Crippen LogP contribution in [-0.4, -0.2) is 25.5 Å². The van der Waals surface area contributed by atoms with E-state index in [0.717, 1.165) is 11.1 Å². The molecule has 0 unspecified atom stereocenters. The third-order valence-electron chi connectivity index (χ3n) is 4.01. The van der Waals surface area contributed by atoms with Gasteiger partial charge in [0, 0.05) is 12.6 Å². The number of aromatic hydroxyl groups is 1. The number of phenolic OH excluding ortho intramolecular Hbond substituents is 1. The van der Waals surface area contributed by atoms with Gasteiger partial charge in [-0.05, 0) is 36.6 Å². The number of primary amides is 1. The van der Waals surface area contributed by atoms with Crippen molar-refractivity contribution in [2.45, 2.75) is 13.8 Å². The van der Waals surface area contributed by atoms with Crippen LogP contribution in [0.15, 0.2) is 18.5 Å². The molecule has 0 spiro atoms. The van der Waals surface area contributed by atoms with Gasteiger partial charge in [0.2, 0.25) is 0 Å². The Morgan fingerprint density at radius 1 is 1.26 bits per heavy atom. The summed E-state index contributed by atoms with van der Waals surface area (Å²) < 4.78 is 1.69. The van der Waals surface area contributed by atoms with E-state index in [1.165, 1.54) is 0 Å². The van der Waals surface area contributed by atoms with Gasteiger partial charge in [-0.15, -0.1) is 0 Å². The van der Waals surface area contributed by atoms with E-state index in [0.29, 0.717) is 22.3 Å². The molecule has 1 amide bonds. The summed E-state index contributed by atoms with van der Waals surface area (Å²) in [5.41, 5.74) is 15.7. The third kappa shape index (κ3) is 2.09. The quantitative estimate of drug-likeness (QED) is 0.664. The molecule has 1 aromatic carbocycles. The number of pyridine rings is 1. The Balaban J connectivity index is 2.54. The summed E-state index contributed by atoms with van der Waals surface area (Å²) in [5.74, 6) is -0.561. The van der Waals surface area contributed by atoms with E-state index in [-0.39, 0.29) is 17.1 Å². The van der Waals surface area contributed by atoms with Gasteiger partial charge in [0.25, 0.3) is 5.91 Å². The van der Waals surface area contributed by atoms with Crippen molar-refractivity contribution >= 4 is 22.8 Å². The van der Waals surface area contributed by atoms with Crippen LogP contribution in [0, 0.1) is 13.8 Å². The molecule has 5 N–H and O–H groups in total. The smallest absolute Gasteiger partial charge is 0.269 e. The third-order valence-corrected chi connectivity index (χ3v) is 4.01. The van der Waals surface area contributed by atoms with E-state index in [1.807, 2.05) is 6.92 Å². The maximum atomic E-state index is 11.7. The number of anilines is 1. The maximum absolute atomic E-state index is 11.7. The molecule has 0 radical (unpaired) electrons. The zero-order valence-corrected chi connectivity index (χ0v) is 13.1. The van der Waals surface area contributed by atoms with Crippen LogP contribution in [-0.2, 0) is 7.05 Å². The lowest BCUT2D eigenvalue weighted by molar-refractivity contribution is 0.0997. The minimum Gasteiger partial charge on any atom is -0.508 e. The van der Waals surface area contributed by atoms with Crippen LogP contribution in [0.25, 0.3) is 22.3 Å². The molecule has 7 nitrogen and oxygen atoms in total. The molecule has 0 aliphatic rings. The molecular weight excluding hydrogens is 294 g/mol. The molecule has 0 saturated carbocycles. The molecule has 3 aromatic rings. The maximum Gasteiger partial charge on any atom is 0.269 e. The van der Waals surface area contributed by atoms with Gasteiger partial charge >= 0.3 is 0 Å². The topological polar surface area (TPSA) is 120 Å². The number of rotatable bonds is 2. The number of nitrogens with two attached hydrogens (primary N) is 2. The monoisotopic (exact) mass is 311 g/mol. The number of nitrogens with zero attached hydrogens (tertiary/aromatic N) is 3. The number of fused-ring (bicyclic) bond motifs is 1. The number of hydrogen-bond acceptors (Lipinski definition) is 5. The van der Waals surface area contributed by atoms with Crippen LogP contribution >= 0.6 is 0 Å². The second kappa shape index (κ2) is 4.98. The standard InChI is InChI=1S/C16H17N5O2/c1-7-4-5-9(22)8(2)10(7)11-12(17)14(15(18)23)20-16-13(11)19-6-21(16)3/h4-6,22H,17H2,1-3H3,(H2,18,23). The van der Waals surface area contributed by atoms with Gasteiger partial charge in [0.15, 0.2) is 11.3 Å². The fourth-order valence-electron chi connectivity index (χ4n) is 2.81. The summed E-state index contributed by atoms with van der Waals surface area (Å²) >= 11 is 0. The average Bonchev–Trinajstić information content (AvgIpc) is 2.86. The normalized spacial score (nSPS) is 11.1. The average molecular weight is 311 g/mol. The van der Waals surface area contributed by atoms with Gasteiger partial charge < -0.3 is 21.1 Å². The summed E-state index contributed by atoms with van der Waals surface area (Å²) in [6, 6.07) is 3.41. The molecule has 0 aliphatic carbocycles. The zero-order valence-electron chi connectivity index (χ0n) is 13.1. The number of carbonyl (C=O) groups excluding carboxylic acids is 1. The fourth-order valence-corrected chi connectivity index (χ4v) is 2.81. The number of phenols is 1. The molecule has 0 atom stereocenters. The number of aromatic nitrogens is 3. The summed E-state index contributed by atoms with van der Waals surface area (Å²) in [5, 5.41) is 10.1. The Bertz CT molecular complexity index is 959. The fraction of sp³-hybridized carbons (Fsp3) is 0.188. The Hall–Kier alpha value is -3.09. The molecular formula is C16H17N5O2. The highest BCUT2D eigenvalue weighted by Gasteiger charge is 2.23. The van der Waals surface area contributed by atoms with Crippen molar-refractivity contribution in [3.63, 3.8) is 0 Å². The number of benzene rings is 1. The molecule has 2 heterocycles. The van der Waals surface area contributed by atoms with Gasteiger partial charge in [-0.1, -0.05) is 6.07 Å². The van der Waals surface area contributed by atoms with Crippen molar-refractivity contribution in [3.8, 4) is 16.9 Å². The second-order valence-corrected chi connectivity index (χ2v) is 5.54. The first-order valence-corrected chi connectivity index (χ1v) is 7.02. The van der Waals surface area contributed by atoms with Crippen molar-refractivity contribution in [2.75, 3.05) is 5.73 Å². The molecule has 7 heteroatoms. The van der Waals surface area contributed by atoms with Crippen molar-refractivity contribution < 1.29 is 9.90 Å². The van der Waals surface area contributed by atoms with E-state index in [4.69, 9.17) is 11.5 Å². The first kappa shape index (κ1) is 14.8. The minimum atomic E-state index is -0.706. The van der Waals surface area contributed by atoms with Gasteiger partial charge in [0.05, 0.1) is 12.0 Å². The van der Waals surface area contributed by atoms with E-state index < -0.39 is 5.91 Å². The first-order valence-electron chi connectivity index (χ1n) is 7.02. The van der Waals surface area contributed by atoms with Crippen LogP contribution in [0.3, 0.4) is 0 Å². The number of hydrogen-bond donors (Lipinski definition) is 3. The molecule has 0 fully saturated rings. The van der Waals surface area contributed by atoms with Crippen molar-refractivity contribution in [2.24, 2.45) is 12.8 Å². The minimum absolute atomic E-state index is 0.00163. The van der Waals surface area contributed by atoms with Crippen molar-refractivity contribution in [1.29, 1.82) is 0 Å². The van der Waals surface area contributed by atoms with E-state index in [2.05, 4.69) is 9.97 Å². The van der Waals surface area contributed by atoms with E-state index in [9.17, 15) is 9.90 Å². The lowest BCUT2D eigenvalue weighted by Gasteiger charge is -2.16. The summed E-state index contributed by atoms with van der Waals surface area (Å²) in [6.07, 6.45) is 1.60. The van der Waals surface area contributed by atoms with Crippen LogP contribution in [0.5, 0.6) is 5.75 Å². The number of amides is 1. The van der Waals surface area contributed by atoms with Crippen LogP contribution in [0.2, 0.25) is 0 Å². The molecule has 118 valence electrons. The SMILES string of the molecule is Cc1ccc(O)c(C)c1-c1c(N)c(C(N)=O)nc2c1ncn2C. The first-order chi connectivity index (χ1) is 10.8. The van der Waals surface area contributed by atoms with Crippen molar-refractivity contribution in [3.05, 3.63) is 35.3 Å². The summed E-state index contributed by atoms with van der Waals surface area (Å²) in [6.45, 7) is 3.69. The largest absolute Gasteiger partial charge is 0.508 e. The molecule has 3 rings (SSSR count). The van der Waals surface area contributed by atoms with Gasteiger partial charge in [-0.2, -0.15) is 0 Å². The second-order valence-electron chi connectivity index (χ2n) is 5.54. The Morgan fingerprint density at radius 2 is 1.96 bits per heavy atom. The summed E-state index contributed by atoms with van der Waals surface area (Å²) in [7, 11) is 1.77. The lowest BCUT2D eigenvalue weighted by atomic mass is 9.93. The summed E-state index contributed by atoms with van der Waals surface area (Å²) in [4.78, 5) is 20.3. The molecule has 23 heavy (non-hydrogen) atoms. The Morgan fingerprint density at radius 3 is 2.61 bits per heavy atom.